The van der Waals surface area contributed by atoms with Gasteiger partial charge in [-0.1, -0.05) is 12.1 Å². The van der Waals surface area contributed by atoms with Crippen LogP contribution in [0.2, 0.25) is 0 Å². The van der Waals surface area contributed by atoms with Crippen LogP contribution in [-0.4, -0.2) is 88.3 Å². The first-order valence-corrected chi connectivity index (χ1v) is 13.6. The second-order valence-corrected chi connectivity index (χ2v) is 11.7. The fourth-order valence-electron chi connectivity index (χ4n) is 6.27. The molecule has 4 fully saturated rings. The molecule has 1 aromatic heterocycles. The highest BCUT2D eigenvalue weighted by molar-refractivity contribution is 5.76. The molecule has 2 aliphatic heterocycles. The summed E-state index contributed by atoms with van der Waals surface area (Å²) in [4.78, 5) is 24.9. The van der Waals surface area contributed by atoms with Gasteiger partial charge in [0, 0.05) is 75.0 Å². The standard InChI is InChI=1S/C26H42FN5O2/c1-18(2)30-13-15-31(16-14-30)22-6-4-5-21(27)20(22)17-23(33)32-11-9-26(3,10-12-32)25-28-24(34-29-25)19-7-8-19/h18-22H,4-17H2,1-3H3/t20?,21-,22+/m1/s1. The second kappa shape index (κ2) is 9.84. The molecule has 1 unspecified atom stereocenters. The second-order valence-electron chi connectivity index (χ2n) is 11.7. The van der Waals surface area contributed by atoms with Crippen molar-refractivity contribution >= 4 is 5.91 Å². The summed E-state index contributed by atoms with van der Waals surface area (Å²) >= 11 is 0. The van der Waals surface area contributed by atoms with E-state index in [1.54, 1.807) is 0 Å². The Bertz CT molecular complexity index is 840. The van der Waals surface area contributed by atoms with Crippen molar-refractivity contribution in [1.29, 1.82) is 0 Å². The maximum Gasteiger partial charge on any atom is 0.229 e. The van der Waals surface area contributed by atoms with E-state index in [2.05, 4.69) is 40.7 Å². The Morgan fingerprint density at radius 2 is 1.79 bits per heavy atom. The number of alkyl halides is 1. The Morgan fingerprint density at radius 1 is 1.09 bits per heavy atom. The lowest BCUT2D eigenvalue weighted by Crippen LogP contribution is -2.56. The van der Waals surface area contributed by atoms with E-state index in [-0.39, 0.29) is 23.3 Å². The molecule has 0 aromatic carbocycles. The van der Waals surface area contributed by atoms with Gasteiger partial charge in [0.2, 0.25) is 11.8 Å². The Hall–Kier alpha value is -1.54. The highest BCUT2D eigenvalue weighted by Gasteiger charge is 2.42. The number of halogens is 1. The number of hydrogen-bond acceptors (Lipinski definition) is 6. The predicted octanol–water partition coefficient (Wildman–Crippen LogP) is 3.75. The van der Waals surface area contributed by atoms with E-state index in [4.69, 9.17) is 4.52 Å². The Kier molecular flexibility index (Phi) is 7.00. The maximum atomic E-state index is 15.2. The van der Waals surface area contributed by atoms with Gasteiger partial charge < -0.3 is 9.42 Å². The summed E-state index contributed by atoms with van der Waals surface area (Å²) in [6.45, 7) is 12.1. The van der Waals surface area contributed by atoms with Crippen LogP contribution >= 0.6 is 0 Å². The van der Waals surface area contributed by atoms with Crippen LogP contribution in [0.5, 0.6) is 0 Å². The molecule has 2 saturated heterocycles. The Labute approximate surface area is 203 Å². The highest BCUT2D eigenvalue weighted by atomic mass is 19.1. The number of amides is 1. The predicted molar refractivity (Wildman–Crippen MR) is 128 cm³/mol. The van der Waals surface area contributed by atoms with E-state index in [0.717, 1.165) is 76.4 Å². The molecule has 1 aromatic rings. The summed E-state index contributed by atoms with van der Waals surface area (Å²) in [6, 6.07) is 0.745. The third kappa shape index (κ3) is 5.03. The molecule has 0 spiro atoms. The van der Waals surface area contributed by atoms with Gasteiger partial charge in [0.1, 0.15) is 6.17 Å². The van der Waals surface area contributed by atoms with Crippen LogP contribution in [0.25, 0.3) is 0 Å². The number of rotatable bonds is 6. The smallest absolute Gasteiger partial charge is 0.229 e. The lowest BCUT2D eigenvalue weighted by atomic mass is 9.78. The average molecular weight is 476 g/mol. The number of likely N-dealkylation sites (tertiary alicyclic amines) is 1. The molecule has 190 valence electrons. The fraction of sp³-hybridized carbons (Fsp3) is 0.885. The van der Waals surface area contributed by atoms with Crippen molar-refractivity contribution in [3.05, 3.63) is 11.7 Å². The summed E-state index contributed by atoms with van der Waals surface area (Å²) in [7, 11) is 0. The number of hydrogen-bond donors (Lipinski definition) is 0. The van der Waals surface area contributed by atoms with Gasteiger partial charge in [-0.3, -0.25) is 14.6 Å². The van der Waals surface area contributed by atoms with Crippen molar-refractivity contribution in [2.24, 2.45) is 5.92 Å². The van der Waals surface area contributed by atoms with Gasteiger partial charge in [0.05, 0.1) is 0 Å². The van der Waals surface area contributed by atoms with Gasteiger partial charge in [0.15, 0.2) is 5.82 Å². The van der Waals surface area contributed by atoms with Crippen molar-refractivity contribution < 1.29 is 13.7 Å². The molecule has 1 amide bonds. The molecule has 3 atom stereocenters. The van der Waals surface area contributed by atoms with Crippen LogP contribution in [0, 0.1) is 5.92 Å². The van der Waals surface area contributed by atoms with Crippen LogP contribution in [0.1, 0.15) is 89.8 Å². The minimum atomic E-state index is -0.874. The third-order valence-electron chi connectivity index (χ3n) is 9.02. The van der Waals surface area contributed by atoms with Gasteiger partial charge in [-0.25, -0.2) is 4.39 Å². The number of piperazine rings is 1. The molecule has 3 heterocycles. The number of carbonyl (C=O) groups excluding carboxylic acids is 1. The number of piperidine rings is 1. The van der Waals surface area contributed by atoms with Crippen LogP contribution in [-0.2, 0) is 10.2 Å². The molecule has 7 nitrogen and oxygen atoms in total. The molecule has 2 aliphatic carbocycles. The van der Waals surface area contributed by atoms with Crippen LogP contribution in [0.4, 0.5) is 4.39 Å². The molecule has 5 rings (SSSR count). The zero-order valence-electron chi connectivity index (χ0n) is 21.2. The fourth-order valence-corrected chi connectivity index (χ4v) is 6.27. The molecular formula is C26H42FN5O2. The number of nitrogens with zero attached hydrogens (tertiary/aromatic N) is 5. The minimum Gasteiger partial charge on any atom is -0.343 e. The Balaban J connectivity index is 1.17. The summed E-state index contributed by atoms with van der Waals surface area (Å²) in [5.74, 6) is 1.96. The summed E-state index contributed by atoms with van der Waals surface area (Å²) in [5.41, 5.74) is -0.153. The first kappa shape index (κ1) is 24.2. The van der Waals surface area contributed by atoms with Crippen molar-refractivity contribution in [3.63, 3.8) is 0 Å². The largest absolute Gasteiger partial charge is 0.343 e. The monoisotopic (exact) mass is 475 g/mol. The lowest BCUT2D eigenvalue weighted by molar-refractivity contribution is -0.136. The maximum absolute atomic E-state index is 15.2. The molecule has 0 radical (unpaired) electrons. The molecule has 0 N–H and O–H groups in total. The van der Waals surface area contributed by atoms with Gasteiger partial charge >= 0.3 is 0 Å². The van der Waals surface area contributed by atoms with Gasteiger partial charge in [-0.05, 0) is 58.8 Å². The van der Waals surface area contributed by atoms with Crippen molar-refractivity contribution in [2.75, 3.05) is 39.3 Å². The molecule has 34 heavy (non-hydrogen) atoms. The highest BCUT2D eigenvalue weighted by Crippen LogP contribution is 2.41. The minimum absolute atomic E-state index is 0.120. The molecule has 0 bridgehead atoms. The molecule has 4 aliphatic rings. The zero-order chi connectivity index (χ0) is 23.9. The Morgan fingerprint density at radius 3 is 2.44 bits per heavy atom. The summed E-state index contributed by atoms with van der Waals surface area (Å²) < 4.78 is 20.7. The first-order chi connectivity index (χ1) is 16.3. The zero-order valence-corrected chi connectivity index (χ0v) is 21.2. The third-order valence-corrected chi connectivity index (χ3v) is 9.02. The van der Waals surface area contributed by atoms with Gasteiger partial charge in [-0.15, -0.1) is 0 Å². The van der Waals surface area contributed by atoms with Gasteiger partial charge in [0.25, 0.3) is 0 Å². The van der Waals surface area contributed by atoms with Crippen molar-refractivity contribution in [1.82, 2.24) is 24.8 Å². The number of carbonyl (C=O) groups is 1. The normalized spacial score (nSPS) is 31.2. The van der Waals surface area contributed by atoms with E-state index >= 15 is 4.39 Å². The van der Waals surface area contributed by atoms with Crippen molar-refractivity contribution in [3.8, 4) is 0 Å². The van der Waals surface area contributed by atoms with Crippen LogP contribution in [0.15, 0.2) is 4.52 Å². The molecule has 8 heteroatoms. The summed E-state index contributed by atoms with van der Waals surface area (Å²) in [5, 5.41) is 4.28. The van der Waals surface area contributed by atoms with E-state index < -0.39 is 6.17 Å². The van der Waals surface area contributed by atoms with E-state index in [1.165, 1.54) is 0 Å². The summed E-state index contributed by atoms with van der Waals surface area (Å²) in [6.07, 6.45) is 5.94. The average Bonchev–Trinajstić information content (AvgIpc) is 3.56. The van der Waals surface area contributed by atoms with E-state index in [9.17, 15) is 4.79 Å². The first-order valence-electron chi connectivity index (χ1n) is 13.6. The lowest BCUT2D eigenvalue weighted by Gasteiger charge is -2.46. The van der Waals surface area contributed by atoms with Crippen LogP contribution < -0.4 is 0 Å². The quantitative estimate of drug-likeness (QED) is 0.624. The number of aromatic nitrogens is 2. The molecular weight excluding hydrogens is 433 g/mol. The SMILES string of the molecule is CC(C)N1CCN([C@H]2CCC[C@@H](F)C2CC(=O)N2CCC(C)(c3noc(C4CC4)n3)CC2)CC1. The topological polar surface area (TPSA) is 65.7 Å². The van der Waals surface area contributed by atoms with Gasteiger partial charge in [-0.2, -0.15) is 4.98 Å². The van der Waals surface area contributed by atoms with E-state index in [0.29, 0.717) is 37.9 Å². The van der Waals surface area contributed by atoms with Crippen molar-refractivity contribution in [2.45, 2.75) is 102 Å². The van der Waals surface area contributed by atoms with Crippen LogP contribution in [0.3, 0.4) is 0 Å². The molecule has 2 saturated carbocycles. The van der Waals surface area contributed by atoms with E-state index in [1.807, 2.05) is 4.90 Å².